The number of hydrogen-bond acceptors (Lipinski definition) is 14. The van der Waals surface area contributed by atoms with Crippen LogP contribution in [-0.4, -0.2) is 145 Å². The van der Waals surface area contributed by atoms with Gasteiger partial charge in [0.05, 0.1) is 24.4 Å². The highest BCUT2D eigenvalue weighted by Gasteiger charge is 2.46. The Morgan fingerprint density at radius 3 is 2.00 bits per heavy atom. The third kappa shape index (κ3) is 17.0. The van der Waals surface area contributed by atoms with Crippen molar-refractivity contribution in [3.8, 4) is 0 Å². The molecular formula is C53H89N3O14Si. The number of ether oxygens (including phenoxy) is 6. The first-order valence-corrected chi connectivity index (χ1v) is 28.7. The zero-order valence-corrected chi connectivity index (χ0v) is 46.8. The molecule has 2 fully saturated rings. The summed E-state index contributed by atoms with van der Waals surface area (Å²) < 4.78 is 42.9. The zero-order valence-electron chi connectivity index (χ0n) is 45.8. The molecular weight excluding hydrogens is 931 g/mol. The number of esters is 1. The number of amides is 3. The van der Waals surface area contributed by atoms with Gasteiger partial charge in [0.1, 0.15) is 24.0 Å². The predicted molar refractivity (Wildman–Crippen MR) is 272 cm³/mol. The Morgan fingerprint density at radius 1 is 0.817 bits per heavy atom. The summed E-state index contributed by atoms with van der Waals surface area (Å²) in [6, 6.07) is -1.18. The number of carbonyl (C=O) groups is 7. The molecule has 3 unspecified atom stereocenters. The second-order valence-electron chi connectivity index (χ2n) is 21.8. The van der Waals surface area contributed by atoms with Crippen LogP contribution in [-0.2, 0) is 56.8 Å². The molecule has 0 aromatic rings. The van der Waals surface area contributed by atoms with Crippen LogP contribution in [0.1, 0.15) is 133 Å². The van der Waals surface area contributed by atoms with Gasteiger partial charge in [0.25, 0.3) is 11.7 Å². The van der Waals surface area contributed by atoms with E-state index in [9.17, 15) is 33.6 Å². The fraction of sp³-hybridized carbons (Fsp3) is 0.792. The number of alkyl carbamates (subject to hydrolysis) is 2. The molecule has 1 saturated carbocycles. The van der Waals surface area contributed by atoms with E-state index in [4.69, 9.17) is 32.8 Å². The minimum atomic E-state index is -2.60. The molecule has 13 atom stereocenters. The summed E-state index contributed by atoms with van der Waals surface area (Å²) in [5.41, 5.74) is 1.70. The monoisotopic (exact) mass is 1020 g/mol. The predicted octanol–water partition coefficient (Wildman–Crippen LogP) is 8.07. The second-order valence-corrected chi connectivity index (χ2v) is 26.6. The lowest BCUT2D eigenvalue weighted by molar-refractivity contribution is -0.165. The Balaban J connectivity index is 2.25. The average molecular weight is 1020 g/mol. The number of nitrogens with one attached hydrogen (secondary N) is 2. The lowest BCUT2D eigenvalue weighted by Crippen LogP contribution is -2.54. The normalized spacial score (nSPS) is 33.0. The van der Waals surface area contributed by atoms with E-state index in [1.165, 1.54) is 35.2 Å². The van der Waals surface area contributed by atoms with Crippen LogP contribution in [0.25, 0.3) is 0 Å². The van der Waals surface area contributed by atoms with E-state index < -0.39 is 110 Å². The molecule has 1 aliphatic carbocycles. The molecule has 71 heavy (non-hydrogen) atoms. The van der Waals surface area contributed by atoms with Crippen molar-refractivity contribution in [1.82, 2.24) is 15.5 Å². The summed E-state index contributed by atoms with van der Waals surface area (Å²) in [5.74, 6) is -6.26. The van der Waals surface area contributed by atoms with Crippen LogP contribution in [0, 0.1) is 29.6 Å². The van der Waals surface area contributed by atoms with Gasteiger partial charge >= 0.3 is 18.2 Å². The molecule has 18 heteroatoms. The maximum atomic E-state index is 14.8. The maximum absolute atomic E-state index is 14.8. The summed E-state index contributed by atoms with van der Waals surface area (Å²) >= 11 is 0. The molecule has 2 heterocycles. The van der Waals surface area contributed by atoms with Crippen LogP contribution in [0.4, 0.5) is 9.59 Å². The molecule has 17 nitrogen and oxygen atoms in total. The Kier molecular flexibility index (Phi) is 24.1. The quantitative estimate of drug-likeness (QED) is 0.0697. The van der Waals surface area contributed by atoms with Gasteiger partial charge in [-0.15, -0.1) is 0 Å². The highest BCUT2D eigenvalue weighted by Crippen LogP contribution is 2.41. The number of cyclic esters (lactones) is 1. The highest BCUT2D eigenvalue weighted by atomic mass is 28.4. The first-order chi connectivity index (χ1) is 33.3. The van der Waals surface area contributed by atoms with E-state index in [1.807, 2.05) is 40.7 Å². The van der Waals surface area contributed by atoms with Gasteiger partial charge in [-0.2, -0.15) is 0 Å². The van der Waals surface area contributed by atoms with Crippen LogP contribution in [0.15, 0.2) is 23.3 Å². The smallest absolute Gasteiger partial charge is 0.407 e. The molecule has 3 amide bonds. The van der Waals surface area contributed by atoms with Crippen molar-refractivity contribution in [1.29, 1.82) is 0 Å². The Labute approximate surface area is 425 Å². The molecule has 0 spiro atoms. The number of hydrogen-bond donors (Lipinski definition) is 2. The number of rotatable bonds is 10. The number of fused-ring (bicyclic) bond motifs is 1. The number of Topliss-reactive ketones (excluding diaryl/α,β-unsaturated/α-hetero) is 3. The summed E-state index contributed by atoms with van der Waals surface area (Å²) in [7, 11) is 4.81. The van der Waals surface area contributed by atoms with Crippen LogP contribution < -0.4 is 10.6 Å². The number of carbonyl (C=O) groups excluding carboxylic acids is 7. The Morgan fingerprint density at radius 2 is 1.42 bits per heavy atom. The minimum absolute atomic E-state index is 0.0179. The van der Waals surface area contributed by atoms with Gasteiger partial charge in [-0.3, -0.25) is 19.2 Å². The summed E-state index contributed by atoms with van der Waals surface area (Å²) in [6.07, 6.45) is 2.11. The molecule has 1 saturated heterocycles. The van der Waals surface area contributed by atoms with Crippen molar-refractivity contribution in [2.75, 3.05) is 42.0 Å². The van der Waals surface area contributed by atoms with E-state index >= 15 is 0 Å². The Hall–Kier alpha value is -3.97. The van der Waals surface area contributed by atoms with Gasteiger partial charge < -0.3 is 48.4 Å². The molecule has 404 valence electrons. The number of nitrogens with zero attached hydrogens (tertiary/aromatic N) is 1. The van der Waals surface area contributed by atoms with E-state index in [-0.39, 0.29) is 48.5 Å². The van der Waals surface area contributed by atoms with E-state index in [0.29, 0.717) is 56.9 Å². The van der Waals surface area contributed by atoms with Crippen LogP contribution in [0.3, 0.4) is 0 Å². The largest absolute Gasteiger partial charge is 0.456 e. The van der Waals surface area contributed by atoms with Gasteiger partial charge in [-0.1, -0.05) is 66.2 Å². The minimum Gasteiger partial charge on any atom is -0.456 e. The molecule has 0 aromatic carbocycles. The lowest BCUT2D eigenvalue weighted by atomic mass is 9.81. The van der Waals surface area contributed by atoms with E-state index in [2.05, 4.69) is 50.6 Å². The molecule has 2 N–H and O–H groups in total. The molecule has 0 radical (unpaired) electrons. The molecule has 3 rings (SSSR count). The lowest BCUT2D eigenvalue weighted by Gasteiger charge is -2.43. The summed E-state index contributed by atoms with van der Waals surface area (Å²) in [6.45, 7) is 22.0. The van der Waals surface area contributed by atoms with Crippen molar-refractivity contribution in [3.63, 3.8) is 0 Å². The fourth-order valence-corrected chi connectivity index (χ4v) is 11.5. The molecule has 0 bridgehead atoms. The SMILES string of the molecule is CC[C@@H]1/C=C(\C)C[C@H](C)C[C@H](OC)C(OC(=O)NC)[C@@H](OC)C[C@@H](C)C(=O)C(=O)C(=O)N2CCCC[C@H]2C(=O)O[C@H](/C(C)=C/C2CC[C@@H](OC(=O)NC)[C@H](OC)C2)[C@H](C)C(O[Si](C)(C)C(C)(C)C)CC1=O. The van der Waals surface area contributed by atoms with Crippen LogP contribution in [0.5, 0.6) is 0 Å². The third-order valence-corrected chi connectivity index (χ3v) is 19.9. The summed E-state index contributed by atoms with van der Waals surface area (Å²) in [5, 5.41) is 4.73. The van der Waals surface area contributed by atoms with Gasteiger partial charge in [-0.05, 0) is 114 Å². The number of piperidine rings is 1. The van der Waals surface area contributed by atoms with Crippen molar-refractivity contribution in [2.45, 2.75) is 200 Å². The van der Waals surface area contributed by atoms with Gasteiger partial charge in [0.2, 0.25) is 5.78 Å². The topological polar surface area (TPSA) is 211 Å². The van der Waals surface area contributed by atoms with Gasteiger partial charge in [0.15, 0.2) is 14.4 Å². The third-order valence-electron chi connectivity index (χ3n) is 15.4. The van der Waals surface area contributed by atoms with Crippen molar-refractivity contribution >= 4 is 49.7 Å². The standard InChI is InChI=1S/C53H89N3O14Si/c1-17-37-25-31(2)24-32(3)26-43(65-13)48(69-52(63)55-11)44(66-14)28-33(4)45(58)46(59)49(60)56-23-19-18-20-38(56)50(61)68-47(35(6)41(30-39(37)57)70-71(15,16)53(7,8)9)34(5)27-36-21-22-40(42(29-36)64-12)67-51(62)54-10/h25,27,32-33,35-38,40-44,47-48H,17-24,26,28-30H2,1-16H3,(H,54,62)(H,55,63)/b31-25+,34-27+/t32-,33+,35+,36?,37+,38-,40+,41?,42+,43-,44-,47+,48?/m0/s1. The van der Waals surface area contributed by atoms with Gasteiger partial charge in [0, 0.05) is 66.1 Å². The van der Waals surface area contributed by atoms with Crippen molar-refractivity contribution in [3.05, 3.63) is 23.3 Å². The molecule has 3 aliphatic rings. The van der Waals surface area contributed by atoms with E-state index in [0.717, 1.165) is 10.5 Å². The first-order valence-electron chi connectivity index (χ1n) is 25.8. The fourth-order valence-electron chi connectivity index (χ4n) is 10.1. The number of ketones is 3. The number of methoxy groups -OCH3 is 3. The van der Waals surface area contributed by atoms with Crippen LogP contribution >= 0.6 is 0 Å². The maximum Gasteiger partial charge on any atom is 0.407 e. The van der Waals surface area contributed by atoms with E-state index in [1.54, 1.807) is 7.11 Å². The van der Waals surface area contributed by atoms with Crippen molar-refractivity contribution in [2.24, 2.45) is 29.6 Å². The van der Waals surface area contributed by atoms with Crippen LogP contribution in [0.2, 0.25) is 18.1 Å². The first kappa shape index (κ1) is 61.3. The number of allylic oxidation sites excluding steroid dienone is 3. The van der Waals surface area contributed by atoms with Crippen molar-refractivity contribution < 1.29 is 66.4 Å². The average Bonchev–Trinajstić information content (AvgIpc) is 3.33. The second kappa shape index (κ2) is 27.9. The molecule has 2 aliphatic heterocycles. The highest BCUT2D eigenvalue weighted by molar-refractivity contribution is 6.74. The summed E-state index contributed by atoms with van der Waals surface area (Å²) in [4.78, 5) is 97.9. The zero-order chi connectivity index (χ0) is 53.5. The molecule has 0 aromatic heterocycles. The Bertz CT molecular complexity index is 1900. The van der Waals surface area contributed by atoms with Gasteiger partial charge in [-0.25, -0.2) is 14.4 Å².